The highest BCUT2D eigenvalue weighted by molar-refractivity contribution is 5.81. The van der Waals surface area contributed by atoms with Crippen molar-refractivity contribution in [2.24, 2.45) is 0 Å². The molecular formula is C13H26N2O2. The zero-order valence-corrected chi connectivity index (χ0v) is 11.4. The second-order valence-electron chi connectivity index (χ2n) is 5.19. The van der Waals surface area contributed by atoms with Gasteiger partial charge in [-0.25, -0.2) is 0 Å². The lowest BCUT2D eigenvalue weighted by Gasteiger charge is -2.32. The first-order chi connectivity index (χ1) is 8.01. The van der Waals surface area contributed by atoms with Crippen LogP contribution in [0.2, 0.25) is 0 Å². The van der Waals surface area contributed by atoms with E-state index in [0.29, 0.717) is 12.1 Å². The molecule has 1 aliphatic heterocycles. The fraction of sp³-hybridized carbons (Fsp3) is 0.923. The number of aliphatic hydroxyl groups is 1. The van der Waals surface area contributed by atoms with E-state index in [0.717, 1.165) is 19.3 Å². The number of amides is 1. The van der Waals surface area contributed by atoms with Gasteiger partial charge in [-0.3, -0.25) is 9.69 Å². The Morgan fingerprint density at radius 2 is 1.94 bits per heavy atom. The molecule has 0 aliphatic carbocycles. The molecule has 4 nitrogen and oxygen atoms in total. The molecule has 0 aromatic rings. The van der Waals surface area contributed by atoms with Gasteiger partial charge >= 0.3 is 0 Å². The largest absolute Gasteiger partial charge is 0.394 e. The molecule has 2 N–H and O–H groups in total. The maximum Gasteiger partial charge on any atom is 0.237 e. The second-order valence-corrected chi connectivity index (χ2v) is 5.19. The summed E-state index contributed by atoms with van der Waals surface area (Å²) in [6.07, 6.45) is 3.09. The average molecular weight is 242 g/mol. The van der Waals surface area contributed by atoms with E-state index in [1.807, 2.05) is 13.8 Å². The summed E-state index contributed by atoms with van der Waals surface area (Å²) in [7, 11) is 0. The Morgan fingerprint density at radius 3 is 2.35 bits per heavy atom. The highest BCUT2D eigenvalue weighted by atomic mass is 16.3. The van der Waals surface area contributed by atoms with E-state index in [1.165, 1.54) is 0 Å². The van der Waals surface area contributed by atoms with E-state index in [9.17, 15) is 4.79 Å². The van der Waals surface area contributed by atoms with Crippen molar-refractivity contribution in [3.05, 3.63) is 0 Å². The third-order valence-electron chi connectivity index (χ3n) is 3.91. The van der Waals surface area contributed by atoms with E-state index in [2.05, 4.69) is 24.1 Å². The molecule has 1 amide bonds. The van der Waals surface area contributed by atoms with Crippen LogP contribution in [0.5, 0.6) is 0 Å². The Bertz CT molecular complexity index is 244. The van der Waals surface area contributed by atoms with Crippen LogP contribution in [-0.4, -0.2) is 46.7 Å². The third kappa shape index (κ3) is 3.42. The molecule has 1 rings (SSSR count). The minimum Gasteiger partial charge on any atom is -0.394 e. The molecule has 100 valence electrons. The zero-order chi connectivity index (χ0) is 13.0. The number of aliphatic hydroxyl groups excluding tert-OH is 1. The van der Waals surface area contributed by atoms with Crippen molar-refractivity contribution in [2.75, 3.05) is 6.61 Å². The van der Waals surface area contributed by atoms with Crippen molar-refractivity contribution >= 4 is 5.91 Å². The van der Waals surface area contributed by atoms with E-state index < -0.39 is 0 Å². The van der Waals surface area contributed by atoms with Gasteiger partial charge < -0.3 is 10.4 Å². The number of carbonyl (C=O) groups excluding carboxylic acids is 1. The molecule has 0 radical (unpaired) electrons. The van der Waals surface area contributed by atoms with E-state index >= 15 is 0 Å². The molecule has 1 saturated heterocycles. The highest BCUT2D eigenvalue weighted by Gasteiger charge is 2.34. The number of hydrogen-bond acceptors (Lipinski definition) is 3. The van der Waals surface area contributed by atoms with Gasteiger partial charge in [0, 0.05) is 12.1 Å². The van der Waals surface area contributed by atoms with Gasteiger partial charge in [-0.15, -0.1) is 0 Å². The second kappa shape index (κ2) is 6.36. The van der Waals surface area contributed by atoms with Gasteiger partial charge in [0.15, 0.2) is 0 Å². The van der Waals surface area contributed by atoms with Crippen molar-refractivity contribution in [3.63, 3.8) is 0 Å². The highest BCUT2D eigenvalue weighted by Crippen LogP contribution is 2.25. The monoisotopic (exact) mass is 242 g/mol. The van der Waals surface area contributed by atoms with Crippen LogP contribution in [0.3, 0.4) is 0 Å². The summed E-state index contributed by atoms with van der Waals surface area (Å²) in [4.78, 5) is 14.4. The number of likely N-dealkylation sites (tertiary alicyclic amines) is 1. The Balaban J connectivity index is 2.56. The molecule has 1 aliphatic rings. The predicted molar refractivity (Wildman–Crippen MR) is 68.8 cm³/mol. The lowest BCUT2D eigenvalue weighted by Crippen LogP contribution is -2.51. The lowest BCUT2D eigenvalue weighted by molar-refractivity contribution is -0.127. The zero-order valence-electron chi connectivity index (χ0n) is 11.4. The lowest BCUT2D eigenvalue weighted by atomic mass is 10.1. The van der Waals surface area contributed by atoms with Gasteiger partial charge in [0.2, 0.25) is 5.91 Å². The van der Waals surface area contributed by atoms with Crippen molar-refractivity contribution < 1.29 is 9.90 Å². The van der Waals surface area contributed by atoms with Crippen LogP contribution in [-0.2, 0) is 4.79 Å². The fourth-order valence-corrected chi connectivity index (χ4v) is 2.71. The predicted octanol–water partition coefficient (Wildman–Crippen LogP) is 1.13. The first kappa shape index (κ1) is 14.5. The number of nitrogens with one attached hydrogen (secondary N) is 1. The van der Waals surface area contributed by atoms with E-state index in [1.54, 1.807) is 0 Å². The molecule has 1 fully saturated rings. The van der Waals surface area contributed by atoms with Gasteiger partial charge in [0.1, 0.15) is 0 Å². The molecule has 0 saturated carbocycles. The Hall–Kier alpha value is -0.610. The van der Waals surface area contributed by atoms with Crippen LogP contribution < -0.4 is 5.32 Å². The summed E-state index contributed by atoms with van der Waals surface area (Å²) in [5.41, 5.74) is 0. The first-order valence-corrected chi connectivity index (χ1v) is 6.69. The maximum atomic E-state index is 12.1. The summed E-state index contributed by atoms with van der Waals surface area (Å²) in [6.45, 7) is 8.29. The SMILES string of the molecule is CCC(CO)NC(=O)C(C)N1C(C)CCC1C. The van der Waals surface area contributed by atoms with Crippen LogP contribution in [0.4, 0.5) is 0 Å². The minimum atomic E-state index is -0.113. The molecule has 1 heterocycles. The smallest absolute Gasteiger partial charge is 0.237 e. The number of nitrogens with zero attached hydrogens (tertiary/aromatic N) is 1. The van der Waals surface area contributed by atoms with Gasteiger partial charge in [-0.2, -0.15) is 0 Å². The molecule has 0 aromatic heterocycles. The maximum absolute atomic E-state index is 12.1. The molecule has 4 atom stereocenters. The van der Waals surface area contributed by atoms with Crippen LogP contribution >= 0.6 is 0 Å². The van der Waals surface area contributed by atoms with Gasteiger partial charge in [-0.1, -0.05) is 6.92 Å². The van der Waals surface area contributed by atoms with Crippen molar-refractivity contribution in [1.82, 2.24) is 10.2 Å². The average Bonchev–Trinajstić information content (AvgIpc) is 2.64. The van der Waals surface area contributed by atoms with E-state index in [-0.39, 0.29) is 24.6 Å². The fourth-order valence-electron chi connectivity index (χ4n) is 2.71. The van der Waals surface area contributed by atoms with Crippen molar-refractivity contribution in [2.45, 2.75) is 71.1 Å². The molecule has 0 bridgehead atoms. The van der Waals surface area contributed by atoms with Crippen molar-refractivity contribution in [3.8, 4) is 0 Å². The normalized spacial score (nSPS) is 29.0. The molecule has 17 heavy (non-hydrogen) atoms. The molecule has 4 heteroatoms. The summed E-state index contributed by atoms with van der Waals surface area (Å²) in [5.74, 6) is 0.0338. The Labute approximate surface area is 104 Å². The number of hydrogen-bond donors (Lipinski definition) is 2. The summed E-state index contributed by atoms with van der Waals surface area (Å²) >= 11 is 0. The third-order valence-corrected chi connectivity index (χ3v) is 3.91. The minimum absolute atomic E-state index is 0.0140. The van der Waals surface area contributed by atoms with Crippen LogP contribution in [0.1, 0.15) is 47.0 Å². The summed E-state index contributed by atoms with van der Waals surface area (Å²) in [5, 5.41) is 12.0. The number of rotatable bonds is 5. The van der Waals surface area contributed by atoms with Gasteiger partial charge in [0.05, 0.1) is 18.7 Å². The van der Waals surface area contributed by atoms with Crippen LogP contribution in [0.15, 0.2) is 0 Å². The van der Waals surface area contributed by atoms with Crippen LogP contribution in [0.25, 0.3) is 0 Å². The summed E-state index contributed by atoms with van der Waals surface area (Å²) < 4.78 is 0. The topological polar surface area (TPSA) is 52.6 Å². The van der Waals surface area contributed by atoms with Crippen molar-refractivity contribution in [1.29, 1.82) is 0 Å². The van der Waals surface area contributed by atoms with Gasteiger partial charge in [-0.05, 0) is 40.0 Å². The van der Waals surface area contributed by atoms with Gasteiger partial charge in [0.25, 0.3) is 0 Å². The Morgan fingerprint density at radius 1 is 1.41 bits per heavy atom. The van der Waals surface area contributed by atoms with Crippen LogP contribution in [0, 0.1) is 0 Å². The Kier molecular flexibility index (Phi) is 5.40. The van der Waals surface area contributed by atoms with E-state index in [4.69, 9.17) is 5.11 Å². The molecule has 0 aromatic carbocycles. The molecule has 4 unspecified atom stereocenters. The summed E-state index contributed by atoms with van der Waals surface area (Å²) in [6, 6.07) is 0.723. The number of carbonyl (C=O) groups is 1. The standard InChI is InChI=1S/C13H26N2O2/c1-5-12(8-16)14-13(17)11(4)15-9(2)6-7-10(15)3/h9-12,16H,5-8H2,1-4H3,(H,14,17). The quantitative estimate of drug-likeness (QED) is 0.760. The molecular weight excluding hydrogens is 216 g/mol. The first-order valence-electron chi connectivity index (χ1n) is 6.69. The molecule has 0 spiro atoms.